The van der Waals surface area contributed by atoms with Crippen molar-refractivity contribution in [2.45, 2.75) is 17.1 Å². The Morgan fingerprint density at radius 3 is 2.40 bits per heavy atom. The van der Waals surface area contributed by atoms with Gasteiger partial charge in [0.05, 0.1) is 5.25 Å². The van der Waals surface area contributed by atoms with Gasteiger partial charge >= 0.3 is 0 Å². The molecule has 0 saturated heterocycles. The molecule has 3 N–H and O–H groups in total. The minimum atomic E-state index is 0.0311. The largest absolute Gasteiger partial charge is 0.508 e. The average Bonchev–Trinajstić information content (AvgIpc) is 2.40. The van der Waals surface area contributed by atoms with E-state index in [0.29, 0.717) is 11.8 Å². The number of aromatic nitrogens is 3. The maximum atomic E-state index is 9.28. The molecule has 2 aromatic rings. The summed E-state index contributed by atoms with van der Waals surface area (Å²) in [4.78, 5) is 15.5. The van der Waals surface area contributed by atoms with Crippen LogP contribution in [0.2, 0.25) is 0 Å². The summed E-state index contributed by atoms with van der Waals surface area (Å²) in [6.07, 6.45) is 0. The second kappa shape index (κ2) is 5.96. The van der Waals surface area contributed by atoms with Gasteiger partial charge in [0.15, 0.2) is 0 Å². The Hall–Kier alpha value is -2.02. The first kappa shape index (κ1) is 14.4. The Balaban J connectivity index is 2.20. The summed E-state index contributed by atoms with van der Waals surface area (Å²) in [6, 6.07) is 7.02. The van der Waals surface area contributed by atoms with E-state index >= 15 is 0 Å². The molecule has 0 aliphatic heterocycles. The summed E-state index contributed by atoms with van der Waals surface area (Å²) in [6.45, 7) is 2.01. The van der Waals surface area contributed by atoms with Crippen molar-refractivity contribution in [1.82, 2.24) is 15.0 Å². The standard InChI is InChI=1S/C13H17N5OS/c1-8(20-10-6-4-9(19)5-7-10)11-15-12(14)17-13(16-11)18(2)3/h4-8,19H,1-3H3,(H2,14,15,16,17)/t8-/m1/s1. The van der Waals surface area contributed by atoms with Gasteiger partial charge in [0, 0.05) is 19.0 Å². The number of anilines is 2. The molecule has 6 nitrogen and oxygen atoms in total. The number of nitrogens with two attached hydrogens (primary N) is 1. The molecule has 2 rings (SSSR count). The van der Waals surface area contributed by atoms with Crippen molar-refractivity contribution in [2.75, 3.05) is 24.7 Å². The summed E-state index contributed by atoms with van der Waals surface area (Å²) < 4.78 is 0. The van der Waals surface area contributed by atoms with E-state index in [4.69, 9.17) is 5.73 Å². The zero-order valence-electron chi connectivity index (χ0n) is 11.6. The number of hydrogen-bond acceptors (Lipinski definition) is 7. The highest BCUT2D eigenvalue weighted by molar-refractivity contribution is 7.99. The van der Waals surface area contributed by atoms with Crippen LogP contribution in [0.1, 0.15) is 18.0 Å². The number of nitrogen functional groups attached to an aromatic ring is 1. The molecule has 7 heteroatoms. The summed E-state index contributed by atoms with van der Waals surface area (Å²) in [5.41, 5.74) is 5.72. The Labute approximate surface area is 122 Å². The molecule has 106 valence electrons. The van der Waals surface area contributed by atoms with Gasteiger partial charge in [-0.3, -0.25) is 0 Å². The molecule has 0 fully saturated rings. The Morgan fingerprint density at radius 2 is 1.80 bits per heavy atom. The van der Waals surface area contributed by atoms with Crippen molar-refractivity contribution in [1.29, 1.82) is 0 Å². The quantitative estimate of drug-likeness (QED) is 0.834. The van der Waals surface area contributed by atoms with Gasteiger partial charge in [0.25, 0.3) is 0 Å². The normalized spacial score (nSPS) is 12.2. The number of aromatic hydroxyl groups is 1. The third-order valence-electron chi connectivity index (χ3n) is 2.57. The van der Waals surface area contributed by atoms with Crippen LogP contribution in [0.25, 0.3) is 0 Å². The van der Waals surface area contributed by atoms with E-state index in [0.717, 1.165) is 4.90 Å². The highest BCUT2D eigenvalue weighted by atomic mass is 32.2. The lowest BCUT2D eigenvalue weighted by Gasteiger charge is -2.14. The predicted molar refractivity (Wildman–Crippen MR) is 80.9 cm³/mol. The fourth-order valence-electron chi connectivity index (χ4n) is 1.56. The number of nitrogens with zero attached hydrogens (tertiary/aromatic N) is 4. The molecule has 0 radical (unpaired) electrons. The van der Waals surface area contributed by atoms with Gasteiger partial charge in [-0.05, 0) is 31.2 Å². The highest BCUT2D eigenvalue weighted by Gasteiger charge is 2.14. The average molecular weight is 291 g/mol. The van der Waals surface area contributed by atoms with Crippen LogP contribution >= 0.6 is 11.8 Å². The Morgan fingerprint density at radius 1 is 1.15 bits per heavy atom. The first-order chi connectivity index (χ1) is 9.45. The van der Waals surface area contributed by atoms with Gasteiger partial charge in [-0.25, -0.2) is 0 Å². The van der Waals surface area contributed by atoms with Crippen LogP contribution in [-0.4, -0.2) is 34.2 Å². The summed E-state index contributed by atoms with van der Waals surface area (Å²) in [5.74, 6) is 1.66. The van der Waals surface area contributed by atoms with Gasteiger partial charge in [0.1, 0.15) is 11.6 Å². The first-order valence-corrected chi connectivity index (χ1v) is 6.98. The molecule has 0 spiro atoms. The fourth-order valence-corrected chi connectivity index (χ4v) is 2.47. The molecular formula is C13H17N5OS. The number of thioether (sulfide) groups is 1. The lowest BCUT2D eigenvalue weighted by Crippen LogP contribution is -2.16. The topological polar surface area (TPSA) is 88.2 Å². The number of hydrogen-bond donors (Lipinski definition) is 2. The molecule has 1 aromatic heterocycles. The molecular weight excluding hydrogens is 274 g/mol. The van der Waals surface area contributed by atoms with E-state index < -0.39 is 0 Å². The molecule has 1 atom stereocenters. The third-order valence-corrected chi connectivity index (χ3v) is 3.68. The number of rotatable bonds is 4. The van der Waals surface area contributed by atoms with E-state index in [2.05, 4.69) is 15.0 Å². The van der Waals surface area contributed by atoms with Crippen molar-refractivity contribution in [3.05, 3.63) is 30.1 Å². The van der Waals surface area contributed by atoms with Gasteiger partial charge < -0.3 is 15.7 Å². The molecule has 1 aromatic carbocycles. The minimum absolute atomic E-state index is 0.0311. The number of phenolic OH excluding ortho intramolecular Hbond substituents is 1. The fraction of sp³-hybridized carbons (Fsp3) is 0.308. The monoisotopic (exact) mass is 291 g/mol. The van der Waals surface area contributed by atoms with E-state index in [1.165, 1.54) is 0 Å². The van der Waals surface area contributed by atoms with Gasteiger partial charge in [-0.2, -0.15) is 15.0 Å². The van der Waals surface area contributed by atoms with E-state index in [-0.39, 0.29) is 16.9 Å². The van der Waals surface area contributed by atoms with Crippen molar-refractivity contribution in [3.63, 3.8) is 0 Å². The van der Waals surface area contributed by atoms with E-state index in [9.17, 15) is 5.11 Å². The first-order valence-electron chi connectivity index (χ1n) is 6.10. The Bertz CT molecular complexity index is 588. The molecule has 20 heavy (non-hydrogen) atoms. The molecule has 0 saturated carbocycles. The molecule has 0 amide bonds. The second-order valence-electron chi connectivity index (χ2n) is 4.50. The van der Waals surface area contributed by atoms with Crippen LogP contribution in [0.5, 0.6) is 5.75 Å². The Kier molecular flexibility index (Phi) is 4.29. The van der Waals surface area contributed by atoms with E-state index in [1.54, 1.807) is 28.8 Å². The maximum Gasteiger partial charge on any atom is 0.229 e. The van der Waals surface area contributed by atoms with Crippen molar-refractivity contribution in [3.8, 4) is 5.75 Å². The summed E-state index contributed by atoms with van der Waals surface area (Å²) in [7, 11) is 3.71. The highest BCUT2D eigenvalue weighted by Crippen LogP contribution is 2.34. The van der Waals surface area contributed by atoms with Crippen molar-refractivity contribution < 1.29 is 5.11 Å². The van der Waals surface area contributed by atoms with E-state index in [1.807, 2.05) is 33.2 Å². The zero-order chi connectivity index (χ0) is 14.7. The van der Waals surface area contributed by atoms with Crippen LogP contribution in [0.15, 0.2) is 29.2 Å². The SMILES string of the molecule is C[C@@H](Sc1ccc(O)cc1)c1nc(N)nc(N(C)C)n1. The maximum absolute atomic E-state index is 9.28. The zero-order valence-corrected chi connectivity index (χ0v) is 12.4. The van der Waals surface area contributed by atoms with Crippen molar-refractivity contribution in [2.24, 2.45) is 0 Å². The molecule has 0 bridgehead atoms. The van der Waals surface area contributed by atoms with Crippen molar-refractivity contribution >= 4 is 23.7 Å². The second-order valence-corrected chi connectivity index (χ2v) is 5.91. The predicted octanol–water partition coefficient (Wildman–Crippen LogP) is 2.08. The van der Waals surface area contributed by atoms with Crippen LogP contribution in [0, 0.1) is 0 Å². The minimum Gasteiger partial charge on any atom is -0.508 e. The third kappa shape index (κ3) is 3.51. The van der Waals surface area contributed by atoms with Gasteiger partial charge in [0.2, 0.25) is 11.9 Å². The van der Waals surface area contributed by atoms with Gasteiger partial charge in [-0.1, -0.05) is 0 Å². The molecule has 0 aliphatic rings. The summed E-state index contributed by atoms with van der Waals surface area (Å²) >= 11 is 1.60. The molecule has 0 unspecified atom stereocenters. The number of benzene rings is 1. The van der Waals surface area contributed by atoms with Crippen LogP contribution in [0.3, 0.4) is 0 Å². The van der Waals surface area contributed by atoms with Crippen LogP contribution in [-0.2, 0) is 0 Å². The van der Waals surface area contributed by atoms with Gasteiger partial charge in [-0.15, -0.1) is 11.8 Å². The lowest BCUT2D eigenvalue weighted by molar-refractivity contribution is 0.475. The van der Waals surface area contributed by atoms with Crippen LogP contribution < -0.4 is 10.6 Å². The smallest absolute Gasteiger partial charge is 0.229 e. The number of phenols is 1. The van der Waals surface area contributed by atoms with Crippen LogP contribution in [0.4, 0.5) is 11.9 Å². The molecule has 1 heterocycles. The lowest BCUT2D eigenvalue weighted by atomic mass is 10.3. The summed E-state index contributed by atoms with van der Waals surface area (Å²) in [5, 5.41) is 9.31. The molecule has 0 aliphatic carbocycles.